The molecule has 0 spiro atoms. The molecule has 0 saturated heterocycles. The van der Waals surface area contributed by atoms with Gasteiger partial charge in [-0.05, 0) is 36.4 Å². The van der Waals surface area contributed by atoms with Gasteiger partial charge in [-0.2, -0.15) is 0 Å². The molecule has 0 aliphatic carbocycles. The smallest absolute Gasteiger partial charge is 0.118 e. The number of rotatable bonds is 4. The summed E-state index contributed by atoms with van der Waals surface area (Å²) in [4.78, 5) is 1.16. The van der Waals surface area contributed by atoms with Crippen LogP contribution in [0, 0.1) is 0 Å². The molecule has 2 nitrogen and oxygen atoms in total. The lowest BCUT2D eigenvalue weighted by Gasteiger charge is -2.08. The number of halogens is 1. The van der Waals surface area contributed by atoms with Gasteiger partial charge in [0.25, 0.3) is 0 Å². The molecular weight excluding hydrogens is 266 g/mol. The van der Waals surface area contributed by atoms with Gasteiger partial charge in [-0.1, -0.05) is 17.7 Å². The molecule has 2 aromatic rings. The lowest BCUT2D eigenvalue weighted by Crippen LogP contribution is -1.93. The summed E-state index contributed by atoms with van der Waals surface area (Å²) in [6.45, 7) is 0. The van der Waals surface area contributed by atoms with Gasteiger partial charge in [-0.25, -0.2) is 0 Å². The van der Waals surface area contributed by atoms with Gasteiger partial charge < -0.3 is 10.5 Å². The largest absolute Gasteiger partial charge is 0.497 e. The van der Waals surface area contributed by atoms with Gasteiger partial charge in [0.1, 0.15) is 5.75 Å². The highest BCUT2D eigenvalue weighted by Gasteiger charge is 2.05. The maximum Gasteiger partial charge on any atom is 0.118 e. The third-order valence-corrected chi connectivity index (χ3v) is 3.99. The topological polar surface area (TPSA) is 35.2 Å². The van der Waals surface area contributed by atoms with Crippen molar-refractivity contribution in [2.45, 2.75) is 10.6 Å². The van der Waals surface area contributed by atoms with Crippen LogP contribution in [0.15, 0.2) is 47.4 Å². The van der Waals surface area contributed by atoms with Crippen LogP contribution in [-0.2, 0) is 5.75 Å². The number of nitrogen functional groups attached to an aromatic ring is 1. The van der Waals surface area contributed by atoms with Crippen LogP contribution in [0.2, 0.25) is 5.02 Å². The predicted molar refractivity (Wildman–Crippen MR) is 78.4 cm³/mol. The summed E-state index contributed by atoms with van der Waals surface area (Å²) >= 11 is 7.83. The Morgan fingerprint density at radius 2 is 1.89 bits per heavy atom. The Kier molecular flexibility index (Phi) is 4.39. The molecule has 2 N–H and O–H groups in total. The molecule has 4 heteroatoms. The summed E-state index contributed by atoms with van der Waals surface area (Å²) < 4.78 is 5.12. The maximum absolute atomic E-state index is 6.13. The fourth-order valence-electron chi connectivity index (χ4n) is 1.56. The fourth-order valence-corrected chi connectivity index (χ4v) is 2.84. The second-order valence-corrected chi connectivity index (χ2v) is 5.23. The number of benzene rings is 2. The van der Waals surface area contributed by atoms with Crippen LogP contribution in [0.4, 0.5) is 5.69 Å². The number of ether oxygens (including phenoxy) is 1. The van der Waals surface area contributed by atoms with Gasteiger partial charge in [0, 0.05) is 26.9 Å². The van der Waals surface area contributed by atoms with Crippen LogP contribution in [-0.4, -0.2) is 7.11 Å². The van der Waals surface area contributed by atoms with Gasteiger partial charge in [-0.15, -0.1) is 11.8 Å². The van der Waals surface area contributed by atoms with Crippen LogP contribution in [0.25, 0.3) is 0 Å². The standard InChI is InChI=1S/C14H14ClNOS/c1-17-10-5-7-11(8-6-10)18-9-12-13(15)3-2-4-14(12)16/h2-8H,9,16H2,1H3. The average molecular weight is 280 g/mol. The van der Waals surface area contributed by atoms with E-state index in [2.05, 4.69) is 0 Å². The van der Waals surface area contributed by atoms with Crippen LogP contribution < -0.4 is 10.5 Å². The molecule has 0 heterocycles. The summed E-state index contributed by atoms with van der Waals surface area (Å²) in [5.41, 5.74) is 7.64. The van der Waals surface area contributed by atoms with Crippen molar-refractivity contribution in [2.75, 3.05) is 12.8 Å². The Bertz CT molecular complexity index is 508. The minimum atomic E-state index is 0.719. The first kappa shape index (κ1) is 13.1. The van der Waals surface area contributed by atoms with E-state index in [9.17, 15) is 0 Å². The Balaban J connectivity index is 2.06. The van der Waals surface area contributed by atoms with E-state index in [0.29, 0.717) is 0 Å². The van der Waals surface area contributed by atoms with E-state index in [1.54, 1.807) is 18.9 Å². The molecule has 0 saturated carbocycles. The normalized spacial score (nSPS) is 10.3. The first-order chi connectivity index (χ1) is 8.70. The summed E-state index contributed by atoms with van der Waals surface area (Å²) in [6.07, 6.45) is 0. The van der Waals surface area contributed by atoms with Crippen LogP contribution >= 0.6 is 23.4 Å². The zero-order valence-corrected chi connectivity index (χ0v) is 11.6. The molecule has 2 aromatic carbocycles. The average Bonchev–Trinajstić information content (AvgIpc) is 2.39. The van der Waals surface area contributed by atoms with Crippen LogP contribution in [0.1, 0.15) is 5.56 Å². The highest BCUT2D eigenvalue weighted by Crippen LogP contribution is 2.30. The van der Waals surface area contributed by atoms with Crippen molar-refractivity contribution in [2.24, 2.45) is 0 Å². The molecule has 94 valence electrons. The van der Waals surface area contributed by atoms with E-state index in [1.807, 2.05) is 42.5 Å². The maximum atomic E-state index is 6.13. The summed E-state index contributed by atoms with van der Waals surface area (Å²) in [6, 6.07) is 13.5. The first-order valence-corrected chi connectivity index (χ1v) is 6.87. The number of hydrogen-bond acceptors (Lipinski definition) is 3. The molecule has 2 rings (SSSR count). The van der Waals surface area contributed by atoms with Gasteiger partial charge in [0.05, 0.1) is 7.11 Å². The molecule has 0 amide bonds. The molecule has 0 unspecified atom stereocenters. The van der Waals surface area contributed by atoms with Crippen molar-refractivity contribution in [3.63, 3.8) is 0 Å². The van der Waals surface area contributed by atoms with Crippen LogP contribution in [0.5, 0.6) is 5.75 Å². The Morgan fingerprint density at radius 3 is 2.50 bits per heavy atom. The molecule has 0 radical (unpaired) electrons. The lowest BCUT2D eigenvalue weighted by atomic mass is 10.2. The third kappa shape index (κ3) is 3.12. The molecule has 0 bridgehead atoms. The van der Waals surface area contributed by atoms with Crippen molar-refractivity contribution in [3.05, 3.63) is 53.1 Å². The van der Waals surface area contributed by atoms with E-state index < -0.39 is 0 Å². The molecule has 0 atom stereocenters. The summed E-state index contributed by atoms with van der Waals surface area (Å²) in [5.74, 6) is 1.62. The number of anilines is 1. The third-order valence-electron chi connectivity index (χ3n) is 2.60. The first-order valence-electron chi connectivity index (χ1n) is 5.50. The predicted octanol–water partition coefficient (Wildman–Crippen LogP) is 4.22. The van der Waals surface area contributed by atoms with Crippen molar-refractivity contribution in [3.8, 4) is 5.75 Å². The monoisotopic (exact) mass is 279 g/mol. The van der Waals surface area contributed by atoms with Gasteiger partial charge in [0.2, 0.25) is 0 Å². The van der Waals surface area contributed by atoms with Crippen molar-refractivity contribution in [1.29, 1.82) is 0 Å². The highest BCUT2D eigenvalue weighted by molar-refractivity contribution is 7.98. The van der Waals surface area contributed by atoms with Gasteiger partial charge in [0.15, 0.2) is 0 Å². The molecule has 0 aliphatic heterocycles. The van der Waals surface area contributed by atoms with Gasteiger partial charge in [-0.3, -0.25) is 0 Å². The number of methoxy groups -OCH3 is 1. The quantitative estimate of drug-likeness (QED) is 0.672. The van der Waals surface area contributed by atoms with E-state index in [4.69, 9.17) is 22.1 Å². The fraction of sp³-hybridized carbons (Fsp3) is 0.143. The van der Waals surface area contributed by atoms with Crippen LogP contribution in [0.3, 0.4) is 0 Å². The molecule has 18 heavy (non-hydrogen) atoms. The van der Waals surface area contributed by atoms with Crippen molar-refractivity contribution < 1.29 is 4.74 Å². The van der Waals surface area contributed by atoms with E-state index in [1.165, 1.54) is 0 Å². The SMILES string of the molecule is COc1ccc(SCc2c(N)cccc2Cl)cc1. The highest BCUT2D eigenvalue weighted by atomic mass is 35.5. The minimum absolute atomic E-state index is 0.719. The van der Waals surface area contributed by atoms with Crippen molar-refractivity contribution >= 4 is 29.1 Å². The molecule has 0 aromatic heterocycles. The number of hydrogen-bond donors (Lipinski definition) is 1. The molecule has 0 aliphatic rings. The Hall–Kier alpha value is -1.32. The summed E-state index contributed by atoms with van der Waals surface area (Å²) in [7, 11) is 1.66. The Morgan fingerprint density at radius 1 is 1.17 bits per heavy atom. The minimum Gasteiger partial charge on any atom is -0.497 e. The summed E-state index contributed by atoms with van der Waals surface area (Å²) in [5, 5.41) is 0.719. The second-order valence-electron chi connectivity index (χ2n) is 3.77. The molecule has 0 fully saturated rings. The Labute approximate surface area is 116 Å². The van der Waals surface area contributed by atoms with Crippen molar-refractivity contribution in [1.82, 2.24) is 0 Å². The second kappa shape index (κ2) is 6.03. The lowest BCUT2D eigenvalue weighted by molar-refractivity contribution is 0.414. The number of thioether (sulfide) groups is 1. The molecular formula is C14H14ClNOS. The van der Waals surface area contributed by atoms with E-state index >= 15 is 0 Å². The van der Waals surface area contributed by atoms with E-state index in [0.717, 1.165) is 32.7 Å². The number of nitrogens with two attached hydrogens (primary N) is 1. The van der Waals surface area contributed by atoms with Gasteiger partial charge >= 0.3 is 0 Å². The van der Waals surface area contributed by atoms with E-state index in [-0.39, 0.29) is 0 Å². The zero-order valence-electron chi connectivity index (χ0n) is 10.0. The zero-order chi connectivity index (χ0) is 13.0.